The van der Waals surface area contributed by atoms with Gasteiger partial charge in [0, 0.05) is 24.5 Å². The molecule has 0 radical (unpaired) electrons. The molecule has 1 atom stereocenters. The summed E-state index contributed by atoms with van der Waals surface area (Å²) in [4.78, 5) is 21.0. The summed E-state index contributed by atoms with van der Waals surface area (Å²) in [6.07, 6.45) is 2.57. The van der Waals surface area contributed by atoms with Crippen molar-refractivity contribution in [2.45, 2.75) is 98.3 Å². The Hall–Kier alpha value is -2.32. The highest BCUT2D eigenvalue weighted by atomic mass is 16.6. The number of amides is 1. The summed E-state index contributed by atoms with van der Waals surface area (Å²) in [5.41, 5.74) is -0.723. The van der Waals surface area contributed by atoms with E-state index in [1.807, 2.05) is 48.5 Å². The summed E-state index contributed by atoms with van der Waals surface area (Å²) >= 11 is 0. The summed E-state index contributed by atoms with van der Waals surface area (Å²) < 4.78 is 10.7. The molecule has 0 aliphatic heterocycles. The predicted octanol–water partition coefficient (Wildman–Crippen LogP) is 3.51. The van der Waals surface area contributed by atoms with Crippen LogP contribution in [-0.4, -0.2) is 46.9 Å². The third-order valence-electron chi connectivity index (χ3n) is 3.97. The number of rotatable bonds is 9. The summed E-state index contributed by atoms with van der Waals surface area (Å²) in [5, 5.41) is 13.5. The van der Waals surface area contributed by atoms with Crippen molar-refractivity contribution in [2.24, 2.45) is 4.99 Å². The third-order valence-corrected chi connectivity index (χ3v) is 3.97. The fraction of sp³-hybridized carbons (Fsp3) is 0.810. The van der Waals surface area contributed by atoms with Gasteiger partial charge in [-0.3, -0.25) is 0 Å². The molecule has 172 valence electrons. The molecule has 0 saturated heterocycles. The number of nitrogens with one attached hydrogen (secondary N) is 3. The highest BCUT2D eigenvalue weighted by molar-refractivity contribution is 5.80. The maximum absolute atomic E-state index is 12.0. The zero-order chi connectivity index (χ0) is 22.8. The van der Waals surface area contributed by atoms with Gasteiger partial charge in [0.05, 0.1) is 0 Å². The molecule has 0 bridgehead atoms. The second kappa shape index (κ2) is 11.8. The van der Waals surface area contributed by atoms with Crippen LogP contribution in [0.4, 0.5) is 4.79 Å². The molecule has 1 aromatic heterocycles. The number of hydrogen-bond acceptors (Lipinski definition) is 6. The summed E-state index contributed by atoms with van der Waals surface area (Å²) in [5.74, 6) is 1.77. The number of unbranched alkanes of at least 4 members (excludes halogenated alkanes) is 1. The molecular weight excluding hydrogens is 384 g/mol. The first-order valence-corrected chi connectivity index (χ1v) is 10.8. The molecule has 1 aromatic rings. The van der Waals surface area contributed by atoms with Gasteiger partial charge < -0.3 is 25.2 Å². The number of hydrogen-bond donors (Lipinski definition) is 3. The van der Waals surface area contributed by atoms with E-state index in [1.54, 1.807) is 0 Å². The number of alkyl carbamates (subject to hydrolysis) is 1. The van der Waals surface area contributed by atoms with E-state index in [9.17, 15) is 4.79 Å². The van der Waals surface area contributed by atoms with E-state index >= 15 is 0 Å². The van der Waals surface area contributed by atoms with Gasteiger partial charge in [-0.1, -0.05) is 45.7 Å². The molecule has 1 heterocycles. The average Bonchev–Trinajstić information content (AvgIpc) is 3.10. The fourth-order valence-corrected chi connectivity index (χ4v) is 2.48. The molecule has 1 rings (SSSR count). The first-order chi connectivity index (χ1) is 13.9. The Bertz CT molecular complexity index is 673. The lowest BCUT2D eigenvalue weighted by molar-refractivity contribution is 0.0522. The molecule has 0 aliphatic rings. The van der Waals surface area contributed by atoms with Crippen LogP contribution < -0.4 is 16.0 Å². The van der Waals surface area contributed by atoms with Gasteiger partial charge in [0.2, 0.25) is 5.89 Å². The van der Waals surface area contributed by atoms with Crippen molar-refractivity contribution in [3.63, 3.8) is 0 Å². The van der Waals surface area contributed by atoms with E-state index in [4.69, 9.17) is 9.26 Å². The molecule has 1 unspecified atom stereocenters. The van der Waals surface area contributed by atoms with Gasteiger partial charge in [0.25, 0.3) is 0 Å². The summed E-state index contributed by atoms with van der Waals surface area (Å²) in [6.45, 7) is 17.2. The quantitative estimate of drug-likeness (QED) is 0.410. The van der Waals surface area contributed by atoms with E-state index < -0.39 is 11.7 Å². The van der Waals surface area contributed by atoms with Gasteiger partial charge in [-0.15, -0.1) is 0 Å². The molecule has 3 N–H and O–H groups in total. The minimum atomic E-state index is -0.524. The van der Waals surface area contributed by atoms with Crippen molar-refractivity contribution < 1.29 is 14.1 Å². The van der Waals surface area contributed by atoms with Gasteiger partial charge in [-0.25, -0.2) is 9.79 Å². The monoisotopic (exact) mass is 424 g/mol. The molecule has 0 aliphatic carbocycles. The normalized spacial score (nSPS) is 13.7. The number of nitrogens with zero attached hydrogens (tertiary/aromatic N) is 3. The fourth-order valence-electron chi connectivity index (χ4n) is 2.48. The SMILES string of the molecule is CCCCC(CNC(=O)OC(C)(C)C)NC(=NCc1noc(C(C)(C)C)n1)NCC. The van der Waals surface area contributed by atoms with Gasteiger partial charge in [0.15, 0.2) is 11.8 Å². The Kier molecular flexibility index (Phi) is 10.1. The van der Waals surface area contributed by atoms with Crippen LogP contribution in [0.3, 0.4) is 0 Å². The van der Waals surface area contributed by atoms with Crippen molar-refractivity contribution in [1.82, 2.24) is 26.1 Å². The van der Waals surface area contributed by atoms with Crippen molar-refractivity contribution in [2.75, 3.05) is 13.1 Å². The summed E-state index contributed by atoms with van der Waals surface area (Å²) in [6, 6.07) is 0.0191. The number of guanidine groups is 1. The minimum absolute atomic E-state index is 0.0191. The Morgan fingerprint density at radius 1 is 1.17 bits per heavy atom. The van der Waals surface area contributed by atoms with E-state index in [0.717, 1.165) is 19.3 Å². The van der Waals surface area contributed by atoms with E-state index in [-0.39, 0.29) is 11.5 Å². The van der Waals surface area contributed by atoms with E-state index in [2.05, 4.69) is 38.0 Å². The van der Waals surface area contributed by atoms with Crippen LogP contribution >= 0.6 is 0 Å². The molecule has 0 spiro atoms. The first kappa shape index (κ1) is 25.7. The average molecular weight is 425 g/mol. The second-order valence-corrected chi connectivity index (χ2v) is 9.33. The predicted molar refractivity (Wildman–Crippen MR) is 118 cm³/mol. The van der Waals surface area contributed by atoms with Crippen molar-refractivity contribution in [3.8, 4) is 0 Å². The highest BCUT2D eigenvalue weighted by Crippen LogP contribution is 2.19. The maximum atomic E-state index is 12.0. The van der Waals surface area contributed by atoms with Crippen LogP contribution in [0.2, 0.25) is 0 Å². The summed E-state index contributed by atoms with van der Waals surface area (Å²) in [7, 11) is 0. The number of aliphatic imine (C=N–C) groups is 1. The Balaban J connectivity index is 2.76. The molecule has 1 amide bonds. The Morgan fingerprint density at radius 3 is 2.40 bits per heavy atom. The minimum Gasteiger partial charge on any atom is -0.444 e. The standard InChI is InChI=1S/C21H40N6O3/c1-9-11-12-15(13-24-19(28)29-21(6,7)8)25-18(22-10-2)23-14-16-26-17(30-27-16)20(3,4)5/h15H,9-14H2,1-8H3,(H,24,28)(H2,22,23,25). The molecule has 9 nitrogen and oxygen atoms in total. The van der Waals surface area contributed by atoms with Crippen molar-refractivity contribution >= 4 is 12.1 Å². The Morgan fingerprint density at radius 2 is 1.87 bits per heavy atom. The molecule has 0 saturated carbocycles. The molecule has 9 heteroatoms. The van der Waals surface area contributed by atoms with Crippen LogP contribution in [-0.2, 0) is 16.7 Å². The lowest BCUT2D eigenvalue weighted by Crippen LogP contribution is -2.49. The largest absolute Gasteiger partial charge is 0.444 e. The van der Waals surface area contributed by atoms with Crippen LogP contribution in [0.15, 0.2) is 9.52 Å². The third kappa shape index (κ3) is 10.5. The lowest BCUT2D eigenvalue weighted by atomic mass is 9.97. The lowest BCUT2D eigenvalue weighted by Gasteiger charge is -2.24. The maximum Gasteiger partial charge on any atom is 0.407 e. The molecule has 0 fully saturated rings. The molecule has 0 aromatic carbocycles. The molecular formula is C21H40N6O3. The Labute approximate surface area is 180 Å². The van der Waals surface area contributed by atoms with E-state index in [0.29, 0.717) is 37.3 Å². The topological polar surface area (TPSA) is 114 Å². The van der Waals surface area contributed by atoms with Crippen molar-refractivity contribution in [3.05, 3.63) is 11.7 Å². The number of ether oxygens (including phenoxy) is 1. The van der Waals surface area contributed by atoms with Gasteiger partial charge in [-0.05, 0) is 34.1 Å². The first-order valence-electron chi connectivity index (χ1n) is 10.8. The van der Waals surface area contributed by atoms with Gasteiger partial charge in [0.1, 0.15) is 12.1 Å². The molecule has 30 heavy (non-hydrogen) atoms. The van der Waals surface area contributed by atoms with Crippen LogP contribution in [0.1, 0.15) is 86.4 Å². The number of aromatic nitrogens is 2. The second-order valence-electron chi connectivity index (χ2n) is 9.33. The van der Waals surface area contributed by atoms with Gasteiger partial charge >= 0.3 is 6.09 Å². The van der Waals surface area contributed by atoms with Crippen molar-refractivity contribution in [1.29, 1.82) is 0 Å². The number of carbonyl (C=O) groups is 1. The number of carbonyl (C=O) groups excluding carboxylic acids is 1. The van der Waals surface area contributed by atoms with E-state index in [1.165, 1.54) is 0 Å². The zero-order valence-corrected chi connectivity index (χ0v) is 19.9. The van der Waals surface area contributed by atoms with Crippen LogP contribution in [0.25, 0.3) is 0 Å². The van der Waals surface area contributed by atoms with Crippen LogP contribution in [0, 0.1) is 0 Å². The smallest absolute Gasteiger partial charge is 0.407 e. The van der Waals surface area contributed by atoms with Crippen LogP contribution in [0.5, 0.6) is 0 Å². The van der Waals surface area contributed by atoms with Gasteiger partial charge in [-0.2, -0.15) is 4.98 Å². The zero-order valence-electron chi connectivity index (χ0n) is 19.9. The highest BCUT2D eigenvalue weighted by Gasteiger charge is 2.22.